The van der Waals surface area contributed by atoms with Gasteiger partial charge in [0.25, 0.3) is 0 Å². The number of hydrogen-bond donors (Lipinski definition) is 0. The van der Waals surface area contributed by atoms with E-state index >= 15 is 0 Å². The summed E-state index contributed by atoms with van der Waals surface area (Å²) in [6.07, 6.45) is 0. The van der Waals surface area contributed by atoms with Gasteiger partial charge >= 0.3 is 5.97 Å². The molecule has 0 aliphatic carbocycles. The Hall–Kier alpha value is -3.05. The predicted octanol–water partition coefficient (Wildman–Crippen LogP) is 5.78. The van der Waals surface area contributed by atoms with Crippen LogP contribution in [0.15, 0.2) is 77.3 Å². The van der Waals surface area contributed by atoms with E-state index in [0.717, 1.165) is 10.0 Å². The van der Waals surface area contributed by atoms with E-state index in [1.807, 2.05) is 31.2 Å². The molecule has 5 heteroatoms. The van der Waals surface area contributed by atoms with Crippen LogP contribution in [0.3, 0.4) is 0 Å². The molecule has 0 bridgehead atoms. The van der Waals surface area contributed by atoms with Crippen LogP contribution in [0.25, 0.3) is 0 Å². The number of Topliss-reactive ketones (excluding diaryl/α,β-unsaturated/α-hetero) is 2. The Labute approximate surface area is 189 Å². The van der Waals surface area contributed by atoms with E-state index in [1.165, 1.54) is 0 Å². The van der Waals surface area contributed by atoms with E-state index in [2.05, 4.69) is 15.9 Å². The second kappa shape index (κ2) is 8.60. The van der Waals surface area contributed by atoms with Gasteiger partial charge in [0.15, 0.2) is 11.6 Å². The second-order valence-corrected chi connectivity index (χ2v) is 8.77. The average molecular weight is 477 g/mol. The first-order valence-electron chi connectivity index (χ1n) is 10.1. The minimum Gasteiger partial charge on any atom is -0.426 e. The maximum atomic E-state index is 13.4. The molecule has 1 aliphatic heterocycles. The molecule has 0 saturated carbocycles. The number of ether oxygens (including phenoxy) is 1. The molecule has 3 aromatic carbocycles. The van der Waals surface area contributed by atoms with E-state index in [-0.39, 0.29) is 11.6 Å². The van der Waals surface area contributed by atoms with Crippen LogP contribution in [0, 0.1) is 18.8 Å². The minimum absolute atomic E-state index is 0.114. The number of halogens is 1. The lowest BCUT2D eigenvalue weighted by Gasteiger charge is -2.34. The Balaban J connectivity index is 1.81. The van der Waals surface area contributed by atoms with Crippen molar-refractivity contribution < 1.29 is 19.1 Å². The van der Waals surface area contributed by atoms with Crippen molar-refractivity contribution >= 4 is 33.5 Å². The van der Waals surface area contributed by atoms with Crippen molar-refractivity contribution in [2.75, 3.05) is 0 Å². The van der Waals surface area contributed by atoms with Gasteiger partial charge in [-0.3, -0.25) is 14.4 Å². The predicted molar refractivity (Wildman–Crippen MR) is 121 cm³/mol. The molecule has 0 unspecified atom stereocenters. The first kappa shape index (κ1) is 21.2. The summed E-state index contributed by atoms with van der Waals surface area (Å²) in [6.45, 7) is 3.73. The van der Waals surface area contributed by atoms with Crippen molar-refractivity contribution in [2.24, 2.45) is 11.8 Å². The lowest BCUT2D eigenvalue weighted by molar-refractivity contribution is -0.139. The first-order valence-corrected chi connectivity index (χ1v) is 10.9. The van der Waals surface area contributed by atoms with Crippen molar-refractivity contribution in [2.45, 2.75) is 19.8 Å². The largest absolute Gasteiger partial charge is 0.426 e. The van der Waals surface area contributed by atoms with Gasteiger partial charge in [0.05, 0.1) is 0 Å². The Kier molecular flexibility index (Phi) is 5.88. The molecule has 0 fully saturated rings. The lowest BCUT2D eigenvalue weighted by Crippen LogP contribution is -2.41. The molecular weight excluding hydrogens is 456 g/mol. The van der Waals surface area contributed by atoms with Gasteiger partial charge in [-0.25, -0.2) is 0 Å². The molecule has 0 spiro atoms. The highest BCUT2D eigenvalue weighted by atomic mass is 79.9. The number of aryl methyl sites for hydroxylation is 1. The fraction of sp³-hybridized carbons (Fsp3) is 0.192. The Morgan fingerprint density at radius 1 is 0.935 bits per heavy atom. The van der Waals surface area contributed by atoms with Crippen molar-refractivity contribution in [3.8, 4) is 5.75 Å². The van der Waals surface area contributed by atoms with E-state index in [1.54, 1.807) is 55.5 Å². The molecule has 156 valence electrons. The quantitative estimate of drug-likeness (QED) is 0.202. The summed E-state index contributed by atoms with van der Waals surface area (Å²) in [4.78, 5) is 39.8. The molecule has 0 radical (unpaired) electrons. The fourth-order valence-electron chi connectivity index (χ4n) is 4.12. The summed E-state index contributed by atoms with van der Waals surface area (Å²) >= 11 is 3.46. The number of carbonyl (C=O) groups excluding carboxylic acids is 3. The van der Waals surface area contributed by atoms with Crippen LogP contribution in [-0.2, 0) is 4.79 Å². The highest BCUT2D eigenvalue weighted by Gasteiger charge is 2.47. The summed E-state index contributed by atoms with van der Waals surface area (Å²) in [5.74, 6) is -3.05. The third-order valence-corrected chi connectivity index (χ3v) is 6.28. The SMILES string of the molecule is Cc1ccc(C(=O)[C@@H](C)[C@H]2c3cc(Br)ccc3OC(=O)[C@@H]2C(=O)c2ccccc2)cc1. The van der Waals surface area contributed by atoms with E-state index in [9.17, 15) is 14.4 Å². The van der Waals surface area contributed by atoms with Crippen molar-refractivity contribution in [1.82, 2.24) is 0 Å². The molecule has 0 aromatic heterocycles. The molecule has 0 N–H and O–H groups in total. The van der Waals surface area contributed by atoms with Crippen LogP contribution < -0.4 is 4.74 Å². The van der Waals surface area contributed by atoms with Crippen LogP contribution in [0.1, 0.15) is 44.7 Å². The molecule has 3 aromatic rings. The summed E-state index contributed by atoms with van der Waals surface area (Å²) in [7, 11) is 0. The Bertz CT molecular complexity index is 1150. The zero-order chi connectivity index (χ0) is 22.1. The van der Waals surface area contributed by atoms with Crippen LogP contribution in [-0.4, -0.2) is 17.5 Å². The van der Waals surface area contributed by atoms with Gasteiger partial charge in [0.2, 0.25) is 0 Å². The zero-order valence-corrected chi connectivity index (χ0v) is 18.8. The van der Waals surface area contributed by atoms with Gasteiger partial charge in [-0.1, -0.05) is 83.0 Å². The molecule has 31 heavy (non-hydrogen) atoms. The monoisotopic (exact) mass is 476 g/mol. The van der Waals surface area contributed by atoms with Crippen molar-refractivity contribution in [1.29, 1.82) is 0 Å². The van der Waals surface area contributed by atoms with Gasteiger partial charge < -0.3 is 4.74 Å². The summed E-state index contributed by atoms with van der Waals surface area (Å²) in [6, 6.07) is 21.3. The maximum absolute atomic E-state index is 13.4. The standard InChI is InChI=1S/C26H21BrO4/c1-15-8-10-18(11-9-15)24(28)16(2)22-20-14-19(27)12-13-21(20)31-26(30)23(22)25(29)17-6-4-3-5-7-17/h3-14,16,22-23H,1-2H3/t16-,22-,23-/m0/s1. The van der Waals surface area contributed by atoms with E-state index in [0.29, 0.717) is 22.4 Å². The highest BCUT2D eigenvalue weighted by molar-refractivity contribution is 9.10. The minimum atomic E-state index is -1.10. The Morgan fingerprint density at radius 2 is 1.61 bits per heavy atom. The van der Waals surface area contributed by atoms with Crippen molar-refractivity contribution in [3.05, 3.63) is 99.5 Å². The molecule has 1 aliphatic rings. The van der Waals surface area contributed by atoms with Crippen LogP contribution in [0.4, 0.5) is 0 Å². The molecule has 0 amide bonds. The summed E-state index contributed by atoms with van der Waals surface area (Å²) in [5, 5.41) is 0. The highest BCUT2D eigenvalue weighted by Crippen LogP contribution is 2.45. The smallest absolute Gasteiger partial charge is 0.322 e. The molecule has 4 nitrogen and oxygen atoms in total. The number of ketones is 2. The zero-order valence-electron chi connectivity index (χ0n) is 17.2. The van der Waals surface area contributed by atoms with Gasteiger partial charge in [-0.15, -0.1) is 0 Å². The summed E-state index contributed by atoms with van der Waals surface area (Å²) in [5.41, 5.74) is 2.70. The number of carbonyl (C=O) groups is 3. The molecular formula is C26H21BrO4. The fourth-order valence-corrected chi connectivity index (χ4v) is 4.50. The topological polar surface area (TPSA) is 60.4 Å². The van der Waals surface area contributed by atoms with Gasteiger partial charge in [0.1, 0.15) is 11.7 Å². The number of hydrogen-bond acceptors (Lipinski definition) is 4. The first-order chi connectivity index (χ1) is 14.9. The van der Waals surface area contributed by atoms with Crippen LogP contribution in [0.2, 0.25) is 0 Å². The Morgan fingerprint density at radius 3 is 2.29 bits per heavy atom. The van der Waals surface area contributed by atoms with Crippen LogP contribution >= 0.6 is 15.9 Å². The number of benzene rings is 3. The number of rotatable bonds is 5. The van der Waals surface area contributed by atoms with Gasteiger partial charge in [-0.05, 0) is 25.1 Å². The third kappa shape index (κ3) is 4.10. The van der Waals surface area contributed by atoms with Crippen molar-refractivity contribution in [3.63, 3.8) is 0 Å². The molecule has 4 rings (SSSR count). The molecule has 1 heterocycles. The number of esters is 1. The number of fused-ring (bicyclic) bond motifs is 1. The van der Waals surface area contributed by atoms with E-state index < -0.39 is 23.7 Å². The average Bonchev–Trinajstić information content (AvgIpc) is 2.78. The maximum Gasteiger partial charge on any atom is 0.322 e. The van der Waals surface area contributed by atoms with E-state index in [4.69, 9.17) is 4.74 Å². The third-order valence-electron chi connectivity index (χ3n) is 5.78. The molecule has 3 atom stereocenters. The van der Waals surface area contributed by atoms with Gasteiger partial charge in [-0.2, -0.15) is 0 Å². The lowest BCUT2D eigenvalue weighted by atomic mass is 9.71. The molecule has 0 saturated heterocycles. The van der Waals surface area contributed by atoms with Gasteiger partial charge in [0, 0.05) is 33.0 Å². The summed E-state index contributed by atoms with van der Waals surface area (Å²) < 4.78 is 6.32. The van der Waals surface area contributed by atoms with Crippen LogP contribution in [0.5, 0.6) is 5.75 Å². The second-order valence-electron chi connectivity index (χ2n) is 7.86. The normalized spacial score (nSPS) is 18.6.